The summed E-state index contributed by atoms with van der Waals surface area (Å²) in [5.74, 6) is 0.462. The van der Waals surface area contributed by atoms with Crippen LogP contribution >= 0.6 is 11.3 Å². The van der Waals surface area contributed by atoms with Gasteiger partial charge in [-0.1, -0.05) is 27.7 Å². The van der Waals surface area contributed by atoms with Crippen LogP contribution in [0.1, 0.15) is 68.8 Å². The minimum atomic E-state index is 0.135. The van der Waals surface area contributed by atoms with Gasteiger partial charge in [-0.3, -0.25) is 0 Å². The van der Waals surface area contributed by atoms with Gasteiger partial charge in [-0.25, -0.2) is 4.98 Å². The summed E-state index contributed by atoms with van der Waals surface area (Å²) in [4.78, 5) is 6.36. The number of hydrogen-bond donors (Lipinski definition) is 1. The van der Waals surface area contributed by atoms with Gasteiger partial charge in [0.15, 0.2) is 0 Å². The van der Waals surface area contributed by atoms with Crippen LogP contribution in [0, 0.1) is 11.3 Å². The van der Waals surface area contributed by atoms with Crippen LogP contribution in [-0.2, 0) is 11.2 Å². The lowest BCUT2D eigenvalue weighted by molar-refractivity contribution is 0.0291. The lowest BCUT2D eigenvalue weighted by atomic mass is 9.76. The van der Waals surface area contributed by atoms with Gasteiger partial charge in [0, 0.05) is 17.5 Å². The number of thiazole rings is 1. The van der Waals surface area contributed by atoms with Crippen molar-refractivity contribution in [3.05, 3.63) is 15.6 Å². The van der Waals surface area contributed by atoms with Crippen molar-refractivity contribution >= 4 is 11.3 Å². The molecule has 0 saturated carbocycles. The summed E-state index contributed by atoms with van der Waals surface area (Å²) in [6, 6.07) is 0.439. The number of aromatic nitrogens is 1. The molecule has 0 aliphatic heterocycles. The summed E-state index contributed by atoms with van der Waals surface area (Å²) in [5.41, 5.74) is 1.61. The lowest BCUT2D eigenvalue weighted by Gasteiger charge is -2.34. The Morgan fingerprint density at radius 3 is 2.70 bits per heavy atom. The van der Waals surface area contributed by atoms with Crippen LogP contribution in [0.25, 0.3) is 0 Å². The zero-order chi connectivity index (χ0) is 14.9. The molecule has 1 aliphatic rings. The van der Waals surface area contributed by atoms with Gasteiger partial charge in [0.1, 0.15) is 11.1 Å². The van der Waals surface area contributed by atoms with E-state index in [0.717, 1.165) is 18.0 Å². The first kappa shape index (κ1) is 15.9. The summed E-state index contributed by atoms with van der Waals surface area (Å²) in [5, 5.41) is 4.62. The van der Waals surface area contributed by atoms with Gasteiger partial charge in [0.25, 0.3) is 0 Å². The fraction of sp³-hybridized carbons (Fsp3) is 0.812. The maximum absolute atomic E-state index is 5.92. The summed E-state index contributed by atoms with van der Waals surface area (Å²) in [6.45, 7) is 11.9. The quantitative estimate of drug-likeness (QED) is 0.888. The Hall–Kier alpha value is -0.450. The Morgan fingerprint density at radius 1 is 1.45 bits per heavy atom. The molecule has 0 aromatic carbocycles. The average Bonchev–Trinajstić information content (AvgIpc) is 2.76. The number of ether oxygens (including phenoxy) is 1. The fourth-order valence-corrected chi connectivity index (χ4v) is 4.45. The van der Waals surface area contributed by atoms with Crippen LogP contribution in [0.2, 0.25) is 0 Å². The molecule has 4 heteroatoms. The Bertz CT molecular complexity index is 453. The number of fused-ring (bicyclic) bond motifs is 1. The Kier molecular flexibility index (Phi) is 4.88. The first-order valence-corrected chi connectivity index (χ1v) is 8.48. The average molecular weight is 296 g/mol. The molecule has 0 spiro atoms. The van der Waals surface area contributed by atoms with E-state index in [-0.39, 0.29) is 6.10 Å². The smallest absolute Gasteiger partial charge is 0.122 e. The second kappa shape index (κ2) is 6.12. The molecular weight excluding hydrogens is 268 g/mol. The number of rotatable bonds is 5. The zero-order valence-electron chi connectivity index (χ0n) is 13.6. The van der Waals surface area contributed by atoms with E-state index in [9.17, 15) is 0 Å². The molecule has 0 bridgehead atoms. The molecule has 2 atom stereocenters. The van der Waals surface area contributed by atoms with Gasteiger partial charge in [-0.2, -0.15) is 0 Å². The van der Waals surface area contributed by atoms with Gasteiger partial charge in [0.2, 0.25) is 0 Å². The number of hydrogen-bond acceptors (Lipinski definition) is 4. The third-order valence-electron chi connectivity index (χ3n) is 4.01. The van der Waals surface area contributed by atoms with Crippen molar-refractivity contribution in [3.63, 3.8) is 0 Å². The van der Waals surface area contributed by atoms with E-state index >= 15 is 0 Å². The Balaban J connectivity index is 2.34. The van der Waals surface area contributed by atoms with Crippen LogP contribution < -0.4 is 5.32 Å². The third-order valence-corrected chi connectivity index (χ3v) is 5.28. The highest BCUT2D eigenvalue weighted by Gasteiger charge is 2.35. The van der Waals surface area contributed by atoms with Crippen molar-refractivity contribution in [1.29, 1.82) is 0 Å². The molecule has 0 fully saturated rings. The van der Waals surface area contributed by atoms with Gasteiger partial charge in [0.05, 0.1) is 5.69 Å². The third kappa shape index (κ3) is 3.23. The molecule has 114 valence electrons. The second-order valence-corrected chi connectivity index (χ2v) is 7.93. The Labute approximate surface area is 127 Å². The molecule has 2 rings (SSSR count). The van der Waals surface area contributed by atoms with Crippen molar-refractivity contribution in [2.75, 3.05) is 13.7 Å². The zero-order valence-corrected chi connectivity index (χ0v) is 14.4. The van der Waals surface area contributed by atoms with Crippen LogP contribution in [0.15, 0.2) is 0 Å². The van der Waals surface area contributed by atoms with Crippen LogP contribution in [-0.4, -0.2) is 18.6 Å². The predicted molar refractivity (Wildman–Crippen MR) is 85.2 cm³/mol. The minimum Gasteiger partial charge on any atom is -0.371 e. The van der Waals surface area contributed by atoms with E-state index in [2.05, 4.69) is 47.0 Å². The maximum atomic E-state index is 5.92. The molecule has 0 radical (unpaired) electrons. The number of nitrogens with zero attached hydrogens (tertiary/aromatic N) is 1. The lowest BCUT2D eigenvalue weighted by Crippen LogP contribution is -2.30. The second-order valence-electron chi connectivity index (χ2n) is 6.87. The topological polar surface area (TPSA) is 34.1 Å². The first-order chi connectivity index (χ1) is 9.38. The van der Waals surface area contributed by atoms with Gasteiger partial charge in [-0.05, 0) is 38.1 Å². The van der Waals surface area contributed by atoms with Crippen molar-refractivity contribution in [2.24, 2.45) is 11.3 Å². The molecule has 3 nitrogen and oxygen atoms in total. The van der Waals surface area contributed by atoms with Crippen molar-refractivity contribution in [1.82, 2.24) is 10.3 Å². The molecule has 1 heterocycles. The highest BCUT2D eigenvalue weighted by molar-refractivity contribution is 7.11. The number of nitrogens with one attached hydrogen (secondary N) is 1. The molecule has 1 aromatic rings. The SMILES string of the molecule is CCOC(c1nc2c(s1)C(NC)CC(C)(C)C2)C(C)C. The van der Waals surface area contributed by atoms with Crippen LogP contribution in [0.4, 0.5) is 0 Å². The molecule has 1 aromatic heterocycles. The fourth-order valence-electron chi connectivity index (χ4n) is 3.04. The maximum Gasteiger partial charge on any atom is 0.122 e. The van der Waals surface area contributed by atoms with Gasteiger partial charge < -0.3 is 10.1 Å². The van der Waals surface area contributed by atoms with Crippen molar-refractivity contribution in [2.45, 2.75) is 59.6 Å². The minimum absolute atomic E-state index is 0.135. The van der Waals surface area contributed by atoms with Gasteiger partial charge in [-0.15, -0.1) is 11.3 Å². The standard InChI is InChI=1S/C16H28N2OS/c1-7-19-13(10(2)3)15-18-12-9-16(4,5)8-11(17-6)14(12)20-15/h10-11,13,17H,7-9H2,1-6H3. The highest BCUT2D eigenvalue weighted by atomic mass is 32.1. The summed E-state index contributed by atoms with van der Waals surface area (Å²) in [6.07, 6.45) is 2.39. The predicted octanol–water partition coefficient (Wildman–Crippen LogP) is 4.11. The molecule has 2 unspecified atom stereocenters. The molecule has 0 amide bonds. The van der Waals surface area contributed by atoms with E-state index in [1.165, 1.54) is 17.0 Å². The molecule has 0 saturated heterocycles. The van der Waals surface area contributed by atoms with E-state index in [0.29, 0.717) is 17.4 Å². The van der Waals surface area contributed by atoms with E-state index < -0.39 is 0 Å². The van der Waals surface area contributed by atoms with E-state index in [1.807, 2.05) is 11.3 Å². The monoisotopic (exact) mass is 296 g/mol. The highest BCUT2D eigenvalue weighted by Crippen LogP contribution is 2.44. The first-order valence-electron chi connectivity index (χ1n) is 7.66. The van der Waals surface area contributed by atoms with Gasteiger partial charge >= 0.3 is 0 Å². The Morgan fingerprint density at radius 2 is 2.15 bits per heavy atom. The van der Waals surface area contributed by atoms with Crippen molar-refractivity contribution < 1.29 is 4.74 Å². The molecule has 1 aliphatic carbocycles. The summed E-state index contributed by atoms with van der Waals surface area (Å²) in [7, 11) is 2.05. The van der Waals surface area contributed by atoms with E-state index in [1.54, 1.807) is 0 Å². The molecule has 20 heavy (non-hydrogen) atoms. The van der Waals surface area contributed by atoms with Crippen LogP contribution in [0.5, 0.6) is 0 Å². The summed E-state index contributed by atoms with van der Waals surface area (Å²) < 4.78 is 5.92. The van der Waals surface area contributed by atoms with Crippen molar-refractivity contribution in [3.8, 4) is 0 Å². The van der Waals surface area contributed by atoms with Crippen LogP contribution in [0.3, 0.4) is 0 Å². The molecular formula is C16H28N2OS. The largest absolute Gasteiger partial charge is 0.371 e. The normalized spacial score (nSPS) is 22.9. The molecule has 1 N–H and O–H groups in total. The van der Waals surface area contributed by atoms with E-state index in [4.69, 9.17) is 9.72 Å². The summed E-state index contributed by atoms with van der Waals surface area (Å²) >= 11 is 1.85.